The molecule has 0 fully saturated rings. The molecule has 11 nitrogen and oxygen atoms in total. The largest absolute Gasteiger partial charge is 0.631 e. The third-order valence-corrected chi connectivity index (χ3v) is 0.922. The molecule has 0 bridgehead atoms. The lowest BCUT2D eigenvalue weighted by Crippen LogP contribution is -2.07. The minimum absolute atomic E-state index is 1.06. The lowest BCUT2D eigenvalue weighted by Gasteiger charge is -1.87. The maximum atomic E-state index is 10.7. The first kappa shape index (κ1) is 24.6. The third-order valence-electron chi connectivity index (χ3n) is 0.922. The molecule has 128 valence electrons. The number of hydrogen-bond acceptors (Lipinski definition) is 11. The molecule has 0 radical (unpaired) electrons. The van der Waals surface area contributed by atoms with Crippen molar-refractivity contribution in [2.24, 2.45) is 0 Å². The average Bonchev–Trinajstić information content (AvgIpc) is 2.46. The van der Waals surface area contributed by atoms with Crippen molar-refractivity contribution in [2.45, 2.75) is 12.8 Å². The van der Waals surface area contributed by atoms with Crippen molar-refractivity contribution in [3.8, 4) is 0 Å². The molecular formula is C6H7BF4O11. The molecule has 0 aromatic carbocycles. The standard InChI is InChI=1S/2C3H2F2O4.BH3O3/c2*4-8-2(6)1-3(7)9-5;2-1(3)4/h2*1H2;2-4H. The summed E-state index contributed by atoms with van der Waals surface area (Å²) >= 11 is 0. The van der Waals surface area contributed by atoms with Crippen molar-refractivity contribution in [3.63, 3.8) is 0 Å². The van der Waals surface area contributed by atoms with E-state index in [4.69, 9.17) is 15.1 Å². The minimum Gasteiger partial charge on any atom is -0.402 e. The molecule has 0 heterocycles. The van der Waals surface area contributed by atoms with E-state index in [0.717, 1.165) is 0 Å². The molecule has 16 heteroatoms. The van der Waals surface area contributed by atoms with E-state index >= 15 is 0 Å². The van der Waals surface area contributed by atoms with Gasteiger partial charge in [-0.25, -0.2) is 19.2 Å². The fraction of sp³-hybridized carbons (Fsp3) is 0.333. The Bertz CT molecular complexity index is 291. The van der Waals surface area contributed by atoms with Gasteiger partial charge in [0.1, 0.15) is 0 Å². The van der Waals surface area contributed by atoms with Crippen LogP contribution in [0.5, 0.6) is 0 Å². The van der Waals surface area contributed by atoms with Crippen molar-refractivity contribution in [1.82, 2.24) is 0 Å². The van der Waals surface area contributed by atoms with E-state index < -0.39 is 44.0 Å². The summed E-state index contributed by atoms with van der Waals surface area (Å²) in [4.78, 5) is 48.9. The van der Waals surface area contributed by atoms with Crippen LogP contribution in [0.2, 0.25) is 0 Å². The number of carbonyl (C=O) groups excluding carboxylic acids is 4. The zero-order valence-corrected chi connectivity index (χ0v) is 10.1. The molecule has 0 aliphatic carbocycles. The molecule has 3 N–H and O–H groups in total. The second-order valence-electron chi connectivity index (χ2n) is 2.50. The SMILES string of the molecule is O=C(CC(=O)OF)OF.O=C(CC(=O)OF)OF.OB(O)O. The van der Waals surface area contributed by atoms with Gasteiger partial charge in [0.15, 0.2) is 12.8 Å². The van der Waals surface area contributed by atoms with Crippen molar-refractivity contribution in [3.05, 3.63) is 0 Å². The highest BCUT2D eigenvalue weighted by molar-refractivity contribution is 6.30. The summed E-state index contributed by atoms with van der Waals surface area (Å²) in [5.41, 5.74) is 0. The fourth-order valence-electron chi connectivity index (χ4n) is 0.345. The molecule has 0 aromatic heterocycles. The summed E-state index contributed by atoms with van der Waals surface area (Å²) < 4.78 is 42.8. The molecule has 0 aromatic rings. The first-order chi connectivity index (χ1) is 10.1. The second kappa shape index (κ2) is 16.6. The van der Waals surface area contributed by atoms with Crippen molar-refractivity contribution in [1.29, 1.82) is 0 Å². The third kappa shape index (κ3) is 26.2. The zero-order valence-electron chi connectivity index (χ0n) is 10.1. The van der Waals surface area contributed by atoms with Crippen molar-refractivity contribution >= 4 is 31.2 Å². The smallest absolute Gasteiger partial charge is 0.402 e. The van der Waals surface area contributed by atoms with E-state index in [1.54, 1.807) is 0 Å². The Morgan fingerprint density at radius 3 is 0.864 bits per heavy atom. The highest BCUT2D eigenvalue weighted by atomic mass is 19.3. The quantitative estimate of drug-likeness (QED) is 0.306. The van der Waals surface area contributed by atoms with Crippen LogP contribution in [0.4, 0.5) is 18.1 Å². The normalized spacial score (nSPS) is 7.95. The Hall–Kier alpha value is -2.46. The Morgan fingerprint density at radius 2 is 0.773 bits per heavy atom. The summed E-state index contributed by atoms with van der Waals surface area (Å²) in [7, 11) is -2.17. The van der Waals surface area contributed by atoms with E-state index in [-0.39, 0.29) is 0 Å². The summed E-state index contributed by atoms with van der Waals surface area (Å²) in [5.74, 6) is -5.95. The van der Waals surface area contributed by atoms with E-state index in [9.17, 15) is 37.3 Å². The predicted molar refractivity (Wildman–Crippen MR) is 50.4 cm³/mol. The Labute approximate surface area is 117 Å². The van der Waals surface area contributed by atoms with Gasteiger partial charge in [0.2, 0.25) is 0 Å². The molecular weight excluding hydrogens is 335 g/mol. The van der Waals surface area contributed by atoms with Gasteiger partial charge in [-0.15, -0.1) is 0 Å². The van der Waals surface area contributed by atoms with Crippen LogP contribution in [0.15, 0.2) is 0 Å². The van der Waals surface area contributed by atoms with E-state index in [1.165, 1.54) is 0 Å². The molecule has 0 aliphatic heterocycles. The van der Waals surface area contributed by atoms with Gasteiger partial charge < -0.3 is 15.1 Å². The lowest BCUT2D eigenvalue weighted by molar-refractivity contribution is -0.198. The van der Waals surface area contributed by atoms with Gasteiger partial charge in [-0.1, -0.05) is 0 Å². The Kier molecular flexibility index (Phi) is 18.5. The molecule has 0 rings (SSSR count). The molecule has 0 atom stereocenters. The second-order valence-corrected chi connectivity index (χ2v) is 2.50. The van der Waals surface area contributed by atoms with Crippen LogP contribution < -0.4 is 0 Å². The van der Waals surface area contributed by atoms with Crippen LogP contribution >= 0.6 is 0 Å². The van der Waals surface area contributed by atoms with Gasteiger partial charge in [0.05, 0.1) is 0 Å². The van der Waals surface area contributed by atoms with Crippen LogP contribution in [0.1, 0.15) is 12.8 Å². The molecule has 0 saturated heterocycles. The summed E-state index contributed by atoms with van der Waals surface area (Å²) in [6, 6.07) is 0. The topological polar surface area (TPSA) is 166 Å². The molecule has 0 unspecified atom stereocenters. The summed E-state index contributed by atoms with van der Waals surface area (Å²) in [6.45, 7) is 0. The first-order valence-corrected chi connectivity index (χ1v) is 4.44. The van der Waals surface area contributed by atoms with Crippen molar-refractivity contribution in [2.75, 3.05) is 0 Å². The van der Waals surface area contributed by atoms with E-state index in [2.05, 4.69) is 19.8 Å². The average molecular weight is 342 g/mol. The molecule has 22 heavy (non-hydrogen) atoms. The van der Waals surface area contributed by atoms with E-state index in [0.29, 0.717) is 0 Å². The van der Waals surface area contributed by atoms with Gasteiger partial charge in [-0.05, 0) is 0 Å². The van der Waals surface area contributed by atoms with Crippen LogP contribution in [0.25, 0.3) is 0 Å². The van der Waals surface area contributed by atoms with Gasteiger partial charge >= 0.3 is 31.2 Å². The maximum Gasteiger partial charge on any atom is 0.631 e. The zero-order chi connectivity index (χ0) is 18.1. The number of halogens is 4. The number of hydrogen-bond donors (Lipinski definition) is 3. The van der Waals surface area contributed by atoms with Crippen LogP contribution in [0, 0.1) is 0 Å². The Balaban J connectivity index is -0.000000266. The fourth-order valence-corrected chi connectivity index (χ4v) is 0.345. The van der Waals surface area contributed by atoms with Crippen LogP contribution in [0.3, 0.4) is 0 Å². The first-order valence-electron chi connectivity index (χ1n) is 4.44. The lowest BCUT2D eigenvalue weighted by atomic mass is 10.3. The van der Waals surface area contributed by atoms with Gasteiger partial charge in [-0.3, -0.25) is 19.8 Å². The summed E-state index contributed by atoms with van der Waals surface area (Å²) in [5, 5.41) is 21.5. The van der Waals surface area contributed by atoms with Crippen molar-refractivity contribution < 1.29 is 72.1 Å². The number of carbonyl (C=O) groups is 4. The Morgan fingerprint density at radius 1 is 0.636 bits per heavy atom. The molecule has 0 spiro atoms. The van der Waals surface area contributed by atoms with Crippen LogP contribution in [-0.4, -0.2) is 46.3 Å². The minimum atomic E-state index is -2.17. The highest BCUT2D eigenvalue weighted by Crippen LogP contribution is 1.90. The van der Waals surface area contributed by atoms with Crippen LogP contribution in [-0.2, 0) is 38.9 Å². The maximum absolute atomic E-state index is 10.7. The highest BCUT2D eigenvalue weighted by Gasteiger charge is 2.13. The number of rotatable bonds is 4. The molecule has 0 aliphatic rings. The van der Waals surface area contributed by atoms with Gasteiger partial charge in [0, 0.05) is 18.1 Å². The van der Waals surface area contributed by atoms with E-state index in [1.807, 2.05) is 0 Å². The summed E-state index contributed by atoms with van der Waals surface area (Å²) in [6.07, 6.45) is -2.13. The van der Waals surface area contributed by atoms with Gasteiger partial charge in [-0.2, -0.15) is 0 Å². The molecule has 0 saturated carbocycles. The predicted octanol–water partition coefficient (Wildman–Crippen LogP) is -1.59. The van der Waals surface area contributed by atoms with Gasteiger partial charge in [0.25, 0.3) is 0 Å². The molecule has 0 amide bonds. The monoisotopic (exact) mass is 342 g/mol.